The Morgan fingerprint density at radius 2 is 0.887 bits per heavy atom. The van der Waals surface area contributed by atoms with Gasteiger partial charge in [0.15, 0.2) is 0 Å². The molecule has 0 N–H and O–H groups in total. The molecule has 0 saturated carbocycles. The van der Waals surface area contributed by atoms with Gasteiger partial charge in [0.05, 0.1) is 34.4 Å². The molecular formula is C53H100NO7P. The van der Waals surface area contributed by atoms with Gasteiger partial charge in [-0.3, -0.25) is 9.36 Å². The lowest BCUT2D eigenvalue weighted by molar-refractivity contribution is -0.870. The first-order chi connectivity index (χ1) is 30.1. The topological polar surface area (TPSA) is 94.1 Å². The highest BCUT2D eigenvalue weighted by molar-refractivity contribution is 7.45. The van der Waals surface area contributed by atoms with E-state index in [2.05, 4.69) is 62.5 Å². The van der Waals surface area contributed by atoms with Crippen molar-refractivity contribution in [1.82, 2.24) is 0 Å². The molecular weight excluding hydrogens is 794 g/mol. The van der Waals surface area contributed by atoms with Gasteiger partial charge in [-0.2, -0.15) is 0 Å². The predicted molar refractivity (Wildman–Crippen MR) is 263 cm³/mol. The van der Waals surface area contributed by atoms with Crippen molar-refractivity contribution in [3.63, 3.8) is 0 Å². The van der Waals surface area contributed by atoms with Crippen LogP contribution in [0.2, 0.25) is 0 Å². The lowest BCUT2D eigenvalue weighted by Crippen LogP contribution is -2.37. The smallest absolute Gasteiger partial charge is 0.306 e. The number of allylic oxidation sites excluding steroid dienone is 8. The summed E-state index contributed by atoms with van der Waals surface area (Å²) in [6.07, 6.45) is 57.0. The average Bonchev–Trinajstić information content (AvgIpc) is 3.23. The second kappa shape index (κ2) is 46.0. The normalized spacial score (nSPS) is 14.0. The second-order valence-corrected chi connectivity index (χ2v) is 19.9. The zero-order valence-electron chi connectivity index (χ0n) is 41.3. The van der Waals surface area contributed by atoms with E-state index in [1.165, 1.54) is 148 Å². The van der Waals surface area contributed by atoms with Gasteiger partial charge in [0, 0.05) is 13.0 Å². The third-order valence-corrected chi connectivity index (χ3v) is 12.1. The fraction of sp³-hybridized carbons (Fsp3) is 0.830. The number of carbonyl (C=O) groups excluding carboxylic acids is 1. The third-order valence-electron chi connectivity index (χ3n) is 11.1. The maximum Gasteiger partial charge on any atom is 0.306 e. The van der Waals surface area contributed by atoms with Crippen molar-refractivity contribution in [2.45, 2.75) is 232 Å². The van der Waals surface area contributed by atoms with Crippen molar-refractivity contribution in [3.05, 3.63) is 48.6 Å². The number of esters is 1. The number of hydrogen-bond donors (Lipinski definition) is 0. The largest absolute Gasteiger partial charge is 0.756 e. The molecule has 0 amide bonds. The highest BCUT2D eigenvalue weighted by atomic mass is 31.2. The maximum atomic E-state index is 12.7. The van der Waals surface area contributed by atoms with Gasteiger partial charge in [0.2, 0.25) is 0 Å². The number of nitrogens with zero attached hydrogens (tertiary/aromatic N) is 1. The molecule has 0 aromatic heterocycles. The van der Waals surface area contributed by atoms with Gasteiger partial charge in [0.25, 0.3) is 7.82 Å². The highest BCUT2D eigenvalue weighted by Crippen LogP contribution is 2.38. The van der Waals surface area contributed by atoms with E-state index < -0.39 is 13.9 Å². The number of ether oxygens (including phenoxy) is 2. The lowest BCUT2D eigenvalue weighted by Gasteiger charge is -2.28. The summed E-state index contributed by atoms with van der Waals surface area (Å²) in [4.78, 5) is 25.1. The van der Waals surface area contributed by atoms with Crippen molar-refractivity contribution in [1.29, 1.82) is 0 Å². The van der Waals surface area contributed by atoms with Gasteiger partial charge in [0.1, 0.15) is 19.3 Å². The molecule has 0 aromatic rings. The predicted octanol–water partition coefficient (Wildman–Crippen LogP) is 15.3. The van der Waals surface area contributed by atoms with Crippen LogP contribution < -0.4 is 4.89 Å². The first kappa shape index (κ1) is 60.5. The third kappa shape index (κ3) is 49.5. The summed E-state index contributed by atoms with van der Waals surface area (Å²) in [5.74, 6) is -0.344. The summed E-state index contributed by atoms with van der Waals surface area (Å²) in [6.45, 7) is 5.39. The van der Waals surface area contributed by atoms with Crippen LogP contribution in [0, 0.1) is 0 Å². The Morgan fingerprint density at radius 3 is 1.34 bits per heavy atom. The summed E-state index contributed by atoms with van der Waals surface area (Å²) in [6, 6.07) is 0. The highest BCUT2D eigenvalue weighted by Gasteiger charge is 2.20. The Kier molecular flexibility index (Phi) is 44.9. The molecule has 62 heavy (non-hydrogen) atoms. The number of hydrogen-bond acceptors (Lipinski definition) is 7. The quantitative estimate of drug-likeness (QED) is 0.0197. The summed E-state index contributed by atoms with van der Waals surface area (Å²) in [5, 5.41) is 0. The van der Waals surface area contributed by atoms with E-state index in [1.807, 2.05) is 21.1 Å². The molecule has 0 spiro atoms. The lowest BCUT2D eigenvalue weighted by atomic mass is 10.1. The first-order valence-electron chi connectivity index (χ1n) is 25.9. The van der Waals surface area contributed by atoms with E-state index >= 15 is 0 Å². The van der Waals surface area contributed by atoms with Crippen molar-refractivity contribution < 1.29 is 37.3 Å². The molecule has 0 aliphatic rings. The number of quaternary nitrogens is 1. The van der Waals surface area contributed by atoms with Crippen LogP contribution in [-0.2, 0) is 27.9 Å². The molecule has 0 fully saturated rings. The van der Waals surface area contributed by atoms with E-state index in [-0.39, 0.29) is 25.8 Å². The van der Waals surface area contributed by atoms with Crippen LogP contribution in [0.3, 0.4) is 0 Å². The molecule has 0 aliphatic carbocycles. The minimum Gasteiger partial charge on any atom is -0.756 e. The van der Waals surface area contributed by atoms with Crippen LogP contribution in [0.1, 0.15) is 226 Å². The zero-order chi connectivity index (χ0) is 45.5. The van der Waals surface area contributed by atoms with Crippen molar-refractivity contribution in [3.8, 4) is 0 Å². The van der Waals surface area contributed by atoms with E-state index in [4.69, 9.17) is 18.5 Å². The summed E-state index contributed by atoms with van der Waals surface area (Å²) < 4.78 is 34.7. The number of phosphoric ester groups is 1. The van der Waals surface area contributed by atoms with Crippen LogP contribution in [0.25, 0.3) is 0 Å². The maximum absolute atomic E-state index is 12.7. The molecule has 0 radical (unpaired) electrons. The van der Waals surface area contributed by atoms with Crippen LogP contribution >= 0.6 is 7.82 Å². The Hall–Kier alpha value is -1.54. The SMILES string of the molecule is CCCCCCC/C=C\C/C=C\C/C=C\CCCCCCCCCCCOCC(COP(=O)([O-])OCC[N+](C)(C)C)OC(=O)CCCCCCC/C=C\CCCCCCCCC. The Labute approximate surface area is 384 Å². The first-order valence-corrected chi connectivity index (χ1v) is 27.3. The number of phosphoric acid groups is 1. The molecule has 0 heterocycles. The molecule has 0 bridgehead atoms. The molecule has 0 aromatic carbocycles. The minimum absolute atomic E-state index is 0.0225. The average molecular weight is 894 g/mol. The molecule has 2 atom stereocenters. The van der Waals surface area contributed by atoms with Gasteiger partial charge in [-0.1, -0.05) is 191 Å². The van der Waals surface area contributed by atoms with Crippen LogP contribution in [0.4, 0.5) is 0 Å². The van der Waals surface area contributed by atoms with E-state index in [0.29, 0.717) is 24.1 Å². The van der Waals surface area contributed by atoms with Gasteiger partial charge in [-0.25, -0.2) is 0 Å². The van der Waals surface area contributed by atoms with E-state index in [0.717, 1.165) is 57.8 Å². The van der Waals surface area contributed by atoms with Crippen LogP contribution in [-0.4, -0.2) is 70.7 Å². The Balaban J connectivity index is 4.14. The number of likely N-dealkylation sites (N-methyl/N-ethyl adjacent to an activating group) is 1. The molecule has 364 valence electrons. The molecule has 0 aliphatic heterocycles. The van der Waals surface area contributed by atoms with Crippen molar-refractivity contribution in [2.24, 2.45) is 0 Å². The molecule has 0 saturated heterocycles. The van der Waals surface area contributed by atoms with Crippen LogP contribution in [0.15, 0.2) is 48.6 Å². The summed E-state index contributed by atoms with van der Waals surface area (Å²) in [7, 11) is 1.35. The Morgan fingerprint density at radius 1 is 0.500 bits per heavy atom. The fourth-order valence-electron chi connectivity index (χ4n) is 7.08. The standard InChI is InChI=1S/C53H100NO7P/c1-6-8-10-12-14-16-18-20-22-24-25-26-27-28-29-30-31-33-35-37-39-41-43-45-48-58-50-52(51-60-62(56,57)59-49-47-54(3,4)5)61-53(55)46-44-42-40-38-36-34-32-23-21-19-17-15-13-11-9-7-2/h18,20,23-25,27-28,32,52H,6-17,19,21-22,26,29-31,33-51H2,1-5H3/b20-18-,25-24-,28-27-,32-23-. The van der Waals surface area contributed by atoms with Gasteiger partial charge in [-0.15, -0.1) is 0 Å². The Bertz CT molecular complexity index is 1130. The molecule has 2 unspecified atom stereocenters. The van der Waals surface area contributed by atoms with Gasteiger partial charge < -0.3 is 27.9 Å². The van der Waals surface area contributed by atoms with Gasteiger partial charge in [-0.05, 0) is 77.0 Å². The zero-order valence-corrected chi connectivity index (χ0v) is 42.2. The van der Waals surface area contributed by atoms with Crippen LogP contribution in [0.5, 0.6) is 0 Å². The van der Waals surface area contributed by atoms with Crippen molar-refractivity contribution in [2.75, 3.05) is 54.1 Å². The van der Waals surface area contributed by atoms with Crippen molar-refractivity contribution >= 4 is 13.8 Å². The number of unbranched alkanes of at least 4 members (excludes halogenated alkanes) is 26. The van der Waals surface area contributed by atoms with Gasteiger partial charge >= 0.3 is 5.97 Å². The second-order valence-electron chi connectivity index (χ2n) is 18.5. The minimum atomic E-state index is -4.53. The number of rotatable bonds is 48. The van der Waals surface area contributed by atoms with E-state index in [1.54, 1.807) is 0 Å². The fourth-order valence-corrected chi connectivity index (χ4v) is 7.81. The summed E-state index contributed by atoms with van der Waals surface area (Å²) >= 11 is 0. The molecule has 0 rings (SSSR count). The summed E-state index contributed by atoms with van der Waals surface area (Å²) in [5.41, 5.74) is 0. The number of carbonyl (C=O) groups is 1. The molecule has 9 heteroatoms. The monoisotopic (exact) mass is 894 g/mol. The molecule has 8 nitrogen and oxygen atoms in total. The van der Waals surface area contributed by atoms with E-state index in [9.17, 15) is 14.3 Å².